The van der Waals surface area contributed by atoms with Gasteiger partial charge in [0.2, 0.25) is 0 Å². The molecule has 16 heavy (non-hydrogen) atoms. The fraction of sp³-hybridized carbons (Fsp3) is 0.364. The average molecular weight is 219 g/mol. The highest BCUT2D eigenvalue weighted by molar-refractivity contribution is 6.01. The van der Waals surface area contributed by atoms with Crippen LogP contribution in [0, 0.1) is 4.91 Å². The maximum atomic E-state index is 10.3. The van der Waals surface area contributed by atoms with E-state index in [1.165, 1.54) is 5.12 Å². The van der Waals surface area contributed by atoms with Gasteiger partial charge >= 0.3 is 0 Å². The van der Waals surface area contributed by atoms with E-state index in [2.05, 4.69) is 10.4 Å². The Morgan fingerprint density at radius 3 is 2.75 bits per heavy atom. The molecule has 0 saturated carbocycles. The molecule has 0 bridgehead atoms. The number of hydrogen-bond acceptors (Lipinski definition) is 4. The van der Waals surface area contributed by atoms with Crippen LogP contribution < -0.4 is 4.74 Å². The lowest BCUT2D eigenvalue weighted by atomic mass is 10.1. The number of rotatable bonds is 4. The highest BCUT2D eigenvalue weighted by atomic mass is 16.5. The SMILES string of the molecule is CCOc1ccc(C2=NN(N=O)CC2)cc1. The zero-order valence-corrected chi connectivity index (χ0v) is 9.09. The van der Waals surface area contributed by atoms with E-state index in [9.17, 15) is 4.91 Å². The van der Waals surface area contributed by atoms with Crippen LogP contribution in [-0.4, -0.2) is 24.0 Å². The van der Waals surface area contributed by atoms with Crippen molar-refractivity contribution in [3.05, 3.63) is 34.7 Å². The van der Waals surface area contributed by atoms with Gasteiger partial charge in [0.05, 0.1) is 24.1 Å². The number of ether oxygens (including phenoxy) is 1. The molecule has 0 fully saturated rings. The first kappa shape index (κ1) is 10.6. The monoisotopic (exact) mass is 219 g/mol. The molecule has 5 nitrogen and oxygen atoms in total. The van der Waals surface area contributed by atoms with E-state index in [4.69, 9.17) is 4.74 Å². The predicted molar refractivity (Wildman–Crippen MR) is 61.3 cm³/mol. The van der Waals surface area contributed by atoms with E-state index >= 15 is 0 Å². The molecule has 1 aromatic rings. The number of nitrogens with zero attached hydrogens (tertiary/aromatic N) is 3. The van der Waals surface area contributed by atoms with Crippen LogP contribution >= 0.6 is 0 Å². The minimum absolute atomic E-state index is 0.562. The van der Waals surface area contributed by atoms with Crippen molar-refractivity contribution in [1.82, 2.24) is 5.12 Å². The van der Waals surface area contributed by atoms with Crippen LogP contribution in [0.3, 0.4) is 0 Å². The molecular formula is C11H13N3O2. The largest absolute Gasteiger partial charge is 0.494 e. The number of nitroso groups, excluding NO2 is 1. The molecule has 0 N–H and O–H groups in total. The molecule has 1 aliphatic rings. The number of benzene rings is 1. The van der Waals surface area contributed by atoms with Gasteiger partial charge in [-0.3, -0.25) is 0 Å². The smallest absolute Gasteiger partial charge is 0.119 e. The summed E-state index contributed by atoms with van der Waals surface area (Å²) in [5, 5.41) is 8.04. The zero-order valence-electron chi connectivity index (χ0n) is 9.09. The van der Waals surface area contributed by atoms with E-state index in [1.807, 2.05) is 31.2 Å². The predicted octanol–water partition coefficient (Wildman–Crippen LogP) is 2.18. The molecule has 0 saturated heterocycles. The Hall–Kier alpha value is -1.91. The fourth-order valence-corrected chi connectivity index (χ4v) is 1.62. The van der Waals surface area contributed by atoms with Crippen molar-refractivity contribution >= 4 is 5.71 Å². The summed E-state index contributed by atoms with van der Waals surface area (Å²) in [5.74, 6) is 0.843. The van der Waals surface area contributed by atoms with Crippen molar-refractivity contribution in [3.63, 3.8) is 0 Å². The third-order valence-electron chi connectivity index (χ3n) is 2.38. The third-order valence-corrected chi connectivity index (χ3v) is 2.38. The molecule has 2 rings (SSSR count). The molecule has 0 radical (unpaired) electrons. The molecule has 0 amide bonds. The average Bonchev–Trinajstić information content (AvgIpc) is 2.79. The Morgan fingerprint density at radius 2 is 2.19 bits per heavy atom. The van der Waals surface area contributed by atoms with Crippen LogP contribution in [0.1, 0.15) is 18.9 Å². The minimum atomic E-state index is 0.562. The van der Waals surface area contributed by atoms with Crippen molar-refractivity contribution in [1.29, 1.82) is 0 Å². The fourth-order valence-electron chi connectivity index (χ4n) is 1.62. The maximum Gasteiger partial charge on any atom is 0.119 e. The lowest BCUT2D eigenvalue weighted by molar-refractivity contribution is 0.332. The second-order valence-electron chi connectivity index (χ2n) is 3.43. The molecule has 0 aromatic heterocycles. The Bertz CT molecular complexity index is 400. The van der Waals surface area contributed by atoms with Gasteiger partial charge in [0.1, 0.15) is 5.75 Å². The first-order valence-electron chi connectivity index (χ1n) is 5.25. The molecule has 1 heterocycles. The van der Waals surface area contributed by atoms with E-state index in [-0.39, 0.29) is 0 Å². The summed E-state index contributed by atoms with van der Waals surface area (Å²) >= 11 is 0. The summed E-state index contributed by atoms with van der Waals surface area (Å²) in [6.07, 6.45) is 0.750. The maximum absolute atomic E-state index is 10.3. The highest BCUT2D eigenvalue weighted by Crippen LogP contribution is 2.17. The van der Waals surface area contributed by atoms with E-state index < -0.39 is 0 Å². The summed E-state index contributed by atoms with van der Waals surface area (Å²) in [4.78, 5) is 10.3. The quantitative estimate of drug-likeness (QED) is 0.729. The Labute approximate surface area is 93.7 Å². The summed E-state index contributed by atoms with van der Waals surface area (Å²) in [6, 6.07) is 7.69. The van der Waals surface area contributed by atoms with Crippen molar-refractivity contribution in [2.75, 3.05) is 13.2 Å². The van der Waals surface area contributed by atoms with Gasteiger partial charge in [-0.2, -0.15) is 5.10 Å². The standard InChI is InChI=1S/C11H13N3O2/c1-2-16-10-5-3-9(4-6-10)11-7-8-14(12-11)13-15/h3-6H,2,7-8H2,1H3. The molecule has 0 aliphatic carbocycles. The topological polar surface area (TPSA) is 54.3 Å². The molecule has 1 aliphatic heterocycles. The zero-order chi connectivity index (χ0) is 11.4. The Balaban J connectivity index is 2.13. The van der Waals surface area contributed by atoms with Gasteiger partial charge in [0, 0.05) is 6.42 Å². The van der Waals surface area contributed by atoms with E-state index in [0.29, 0.717) is 13.2 Å². The van der Waals surface area contributed by atoms with Gasteiger partial charge in [0.25, 0.3) is 0 Å². The van der Waals surface area contributed by atoms with Gasteiger partial charge in [-0.25, -0.2) is 0 Å². The minimum Gasteiger partial charge on any atom is -0.494 e. The first-order valence-corrected chi connectivity index (χ1v) is 5.25. The van der Waals surface area contributed by atoms with Crippen LogP contribution in [0.25, 0.3) is 0 Å². The molecule has 0 atom stereocenters. The summed E-state index contributed by atoms with van der Waals surface area (Å²) in [7, 11) is 0. The summed E-state index contributed by atoms with van der Waals surface area (Å²) in [5.41, 5.74) is 1.90. The van der Waals surface area contributed by atoms with Crippen molar-refractivity contribution < 1.29 is 4.74 Å². The van der Waals surface area contributed by atoms with Crippen LogP contribution in [0.4, 0.5) is 0 Å². The normalized spacial score (nSPS) is 14.8. The lowest BCUT2D eigenvalue weighted by Crippen LogP contribution is -2.02. The van der Waals surface area contributed by atoms with Crippen LogP contribution in [0.5, 0.6) is 5.75 Å². The molecule has 0 spiro atoms. The molecule has 0 unspecified atom stereocenters. The Kier molecular flexibility index (Phi) is 3.14. The van der Waals surface area contributed by atoms with Gasteiger partial charge < -0.3 is 4.74 Å². The summed E-state index contributed by atoms with van der Waals surface area (Å²) < 4.78 is 5.35. The van der Waals surface area contributed by atoms with Gasteiger partial charge in [-0.1, -0.05) is 0 Å². The van der Waals surface area contributed by atoms with Crippen LogP contribution in [-0.2, 0) is 0 Å². The molecule has 84 valence electrons. The molecule has 1 aromatic carbocycles. The molecular weight excluding hydrogens is 206 g/mol. The van der Waals surface area contributed by atoms with Gasteiger partial charge in [-0.05, 0) is 36.8 Å². The second-order valence-corrected chi connectivity index (χ2v) is 3.43. The summed E-state index contributed by atoms with van der Waals surface area (Å²) in [6.45, 7) is 3.16. The first-order chi connectivity index (χ1) is 7.83. The van der Waals surface area contributed by atoms with Crippen molar-refractivity contribution in [2.24, 2.45) is 10.4 Å². The number of hydrogen-bond donors (Lipinski definition) is 0. The number of hydrazone groups is 1. The molecule has 5 heteroatoms. The van der Waals surface area contributed by atoms with Gasteiger partial charge in [-0.15, -0.1) is 10.0 Å². The van der Waals surface area contributed by atoms with E-state index in [0.717, 1.165) is 23.4 Å². The van der Waals surface area contributed by atoms with Crippen LogP contribution in [0.15, 0.2) is 34.7 Å². The van der Waals surface area contributed by atoms with Gasteiger partial charge in [0.15, 0.2) is 0 Å². The van der Waals surface area contributed by atoms with Crippen LogP contribution in [0.2, 0.25) is 0 Å². The van der Waals surface area contributed by atoms with Crippen molar-refractivity contribution in [3.8, 4) is 5.75 Å². The lowest BCUT2D eigenvalue weighted by Gasteiger charge is -2.03. The highest BCUT2D eigenvalue weighted by Gasteiger charge is 2.15. The van der Waals surface area contributed by atoms with E-state index in [1.54, 1.807) is 0 Å². The Morgan fingerprint density at radius 1 is 1.44 bits per heavy atom. The van der Waals surface area contributed by atoms with Crippen molar-refractivity contribution in [2.45, 2.75) is 13.3 Å². The third kappa shape index (κ3) is 2.18. The second kappa shape index (κ2) is 4.74.